The number of nitrogens with zero attached hydrogens (tertiary/aromatic N) is 1. The molecule has 0 aliphatic heterocycles. The van der Waals surface area contributed by atoms with Gasteiger partial charge in [0.15, 0.2) is 0 Å². The zero-order valence-corrected chi connectivity index (χ0v) is 8.35. The predicted octanol–water partition coefficient (Wildman–Crippen LogP) is 2.52. The highest BCUT2D eigenvalue weighted by Crippen LogP contribution is 2.49. The van der Waals surface area contributed by atoms with E-state index in [1.54, 1.807) is 0 Å². The number of rotatable bonds is 4. The standard InChI is InChI=1S/C10H21N/c1-5-6-7-9-8-10(9,2)11(3)4/h9H,5-8H2,1-4H3/t9-,10+/m0/s1. The Morgan fingerprint density at radius 2 is 2.09 bits per heavy atom. The summed E-state index contributed by atoms with van der Waals surface area (Å²) in [5.74, 6) is 0.984. The second-order valence-corrected chi connectivity index (χ2v) is 4.29. The Bertz CT molecular complexity index is 131. The molecule has 1 saturated carbocycles. The maximum atomic E-state index is 2.38. The summed E-state index contributed by atoms with van der Waals surface area (Å²) in [5.41, 5.74) is 0.551. The molecule has 11 heavy (non-hydrogen) atoms. The molecule has 0 amide bonds. The predicted molar refractivity (Wildman–Crippen MR) is 49.7 cm³/mol. The Kier molecular flexibility index (Phi) is 2.58. The van der Waals surface area contributed by atoms with Crippen molar-refractivity contribution in [1.82, 2.24) is 4.90 Å². The van der Waals surface area contributed by atoms with E-state index < -0.39 is 0 Å². The second kappa shape index (κ2) is 3.14. The van der Waals surface area contributed by atoms with Crippen LogP contribution < -0.4 is 0 Å². The molecule has 1 aliphatic carbocycles. The summed E-state index contributed by atoms with van der Waals surface area (Å²) in [6.45, 7) is 4.66. The zero-order valence-electron chi connectivity index (χ0n) is 8.35. The van der Waals surface area contributed by atoms with Gasteiger partial charge in [-0.3, -0.25) is 0 Å². The molecular formula is C10H21N. The van der Waals surface area contributed by atoms with E-state index in [1.165, 1.54) is 25.7 Å². The Balaban J connectivity index is 2.23. The van der Waals surface area contributed by atoms with E-state index in [0.717, 1.165) is 5.92 Å². The summed E-state index contributed by atoms with van der Waals surface area (Å²) in [4.78, 5) is 2.38. The molecule has 0 N–H and O–H groups in total. The largest absolute Gasteiger partial charge is 0.304 e. The third-order valence-electron chi connectivity index (χ3n) is 3.31. The number of unbranched alkanes of at least 4 members (excludes halogenated alkanes) is 1. The average Bonchev–Trinajstić information content (AvgIpc) is 2.59. The summed E-state index contributed by atoms with van der Waals surface area (Å²) in [5, 5.41) is 0. The van der Waals surface area contributed by atoms with Crippen LogP contribution in [0, 0.1) is 5.92 Å². The lowest BCUT2D eigenvalue weighted by Gasteiger charge is -2.20. The minimum atomic E-state index is 0.551. The van der Waals surface area contributed by atoms with Crippen molar-refractivity contribution >= 4 is 0 Å². The van der Waals surface area contributed by atoms with Gasteiger partial charge in [-0.05, 0) is 39.8 Å². The molecule has 1 nitrogen and oxygen atoms in total. The Morgan fingerprint density at radius 1 is 1.45 bits per heavy atom. The van der Waals surface area contributed by atoms with Gasteiger partial charge in [-0.25, -0.2) is 0 Å². The van der Waals surface area contributed by atoms with Gasteiger partial charge in [0, 0.05) is 5.54 Å². The van der Waals surface area contributed by atoms with Crippen LogP contribution >= 0.6 is 0 Å². The fourth-order valence-electron chi connectivity index (χ4n) is 1.85. The molecule has 1 heteroatoms. The van der Waals surface area contributed by atoms with E-state index in [1.807, 2.05) is 0 Å². The molecule has 0 aromatic carbocycles. The van der Waals surface area contributed by atoms with Crippen molar-refractivity contribution in [2.75, 3.05) is 14.1 Å². The molecule has 0 aromatic heterocycles. The van der Waals surface area contributed by atoms with Crippen molar-refractivity contribution in [2.45, 2.75) is 45.1 Å². The maximum Gasteiger partial charge on any atom is 0.0207 e. The van der Waals surface area contributed by atoms with Gasteiger partial charge in [0.1, 0.15) is 0 Å². The van der Waals surface area contributed by atoms with E-state index in [-0.39, 0.29) is 0 Å². The first-order chi connectivity index (χ1) is 5.11. The molecular weight excluding hydrogens is 134 g/mol. The van der Waals surface area contributed by atoms with Crippen LogP contribution in [0.1, 0.15) is 39.5 Å². The van der Waals surface area contributed by atoms with Crippen molar-refractivity contribution in [3.05, 3.63) is 0 Å². The Labute approximate surface area is 70.8 Å². The van der Waals surface area contributed by atoms with E-state index in [0.29, 0.717) is 5.54 Å². The average molecular weight is 155 g/mol. The number of hydrogen-bond donors (Lipinski definition) is 0. The summed E-state index contributed by atoms with van der Waals surface area (Å²) in [6.07, 6.45) is 5.61. The molecule has 66 valence electrons. The third-order valence-corrected chi connectivity index (χ3v) is 3.31. The Hall–Kier alpha value is -0.0400. The van der Waals surface area contributed by atoms with Crippen LogP contribution in [-0.2, 0) is 0 Å². The van der Waals surface area contributed by atoms with Crippen LogP contribution in [0.2, 0.25) is 0 Å². The quantitative estimate of drug-likeness (QED) is 0.603. The van der Waals surface area contributed by atoms with E-state index in [2.05, 4.69) is 32.8 Å². The van der Waals surface area contributed by atoms with Crippen molar-refractivity contribution < 1.29 is 0 Å². The van der Waals surface area contributed by atoms with E-state index in [9.17, 15) is 0 Å². The van der Waals surface area contributed by atoms with Gasteiger partial charge >= 0.3 is 0 Å². The van der Waals surface area contributed by atoms with Crippen LogP contribution in [0.4, 0.5) is 0 Å². The highest BCUT2D eigenvalue weighted by molar-refractivity contribution is 5.06. The molecule has 0 saturated heterocycles. The van der Waals surface area contributed by atoms with Gasteiger partial charge in [-0.2, -0.15) is 0 Å². The maximum absolute atomic E-state index is 2.38. The normalized spacial score (nSPS) is 36.3. The fourth-order valence-corrected chi connectivity index (χ4v) is 1.85. The van der Waals surface area contributed by atoms with Gasteiger partial charge in [-0.15, -0.1) is 0 Å². The van der Waals surface area contributed by atoms with E-state index in [4.69, 9.17) is 0 Å². The van der Waals surface area contributed by atoms with Crippen molar-refractivity contribution in [3.8, 4) is 0 Å². The van der Waals surface area contributed by atoms with Crippen molar-refractivity contribution in [2.24, 2.45) is 5.92 Å². The first-order valence-electron chi connectivity index (χ1n) is 4.78. The molecule has 2 atom stereocenters. The van der Waals surface area contributed by atoms with Gasteiger partial charge in [0.05, 0.1) is 0 Å². The third kappa shape index (κ3) is 1.76. The van der Waals surface area contributed by atoms with Crippen LogP contribution in [0.15, 0.2) is 0 Å². The highest BCUT2D eigenvalue weighted by atomic mass is 15.2. The molecule has 1 rings (SSSR count). The van der Waals surface area contributed by atoms with Gasteiger partial charge in [0.25, 0.3) is 0 Å². The SMILES string of the molecule is CCCC[C@H]1C[C@@]1(C)N(C)C. The molecule has 0 unspecified atom stereocenters. The zero-order chi connectivity index (χ0) is 8.48. The number of hydrogen-bond acceptors (Lipinski definition) is 1. The molecule has 0 bridgehead atoms. The molecule has 1 aliphatic rings. The van der Waals surface area contributed by atoms with Gasteiger partial charge < -0.3 is 4.90 Å². The minimum Gasteiger partial charge on any atom is -0.304 e. The van der Waals surface area contributed by atoms with Crippen molar-refractivity contribution in [1.29, 1.82) is 0 Å². The lowest BCUT2D eigenvalue weighted by Crippen LogP contribution is -2.28. The van der Waals surface area contributed by atoms with Crippen LogP contribution in [0.25, 0.3) is 0 Å². The molecule has 0 aromatic rings. The minimum absolute atomic E-state index is 0.551. The summed E-state index contributed by atoms with van der Waals surface area (Å²) < 4.78 is 0. The molecule has 0 radical (unpaired) electrons. The lowest BCUT2D eigenvalue weighted by atomic mass is 10.1. The van der Waals surface area contributed by atoms with Gasteiger partial charge in [0.2, 0.25) is 0 Å². The monoisotopic (exact) mass is 155 g/mol. The van der Waals surface area contributed by atoms with Crippen LogP contribution in [0.5, 0.6) is 0 Å². The summed E-state index contributed by atoms with van der Waals surface area (Å²) in [7, 11) is 4.40. The lowest BCUT2D eigenvalue weighted by molar-refractivity contribution is 0.266. The first kappa shape index (κ1) is 9.05. The topological polar surface area (TPSA) is 3.24 Å². The second-order valence-electron chi connectivity index (χ2n) is 4.29. The fraction of sp³-hybridized carbons (Fsp3) is 1.00. The summed E-state index contributed by atoms with van der Waals surface area (Å²) in [6, 6.07) is 0. The summed E-state index contributed by atoms with van der Waals surface area (Å²) >= 11 is 0. The van der Waals surface area contributed by atoms with Crippen LogP contribution in [-0.4, -0.2) is 24.5 Å². The molecule has 1 fully saturated rings. The highest BCUT2D eigenvalue weighted by Gasteiger charge is 2.50. The van der Waals surface area contributed by atoms with E-state index >= 15 is 0 Å². The smallest absolute Gasteiger partial charge is 0.0207 e. The van der Waals surface area contributed by atoms with Crippen LogP contribution in [0.3, 0.4) is 0 Å². The van der Waals surface area contributed by atoms with Gasteiger partial charge in [-0.1, -0.05) is 19.8 Å². The molecule has 0 spiro atoms. The molecule has 0 heterocycles. The van der Waals surface area contributed by atoms with Crippen molar-refractivity contribution in [3.63, 3.8) is 0 Å². The first-order valence-corrected chi connectivity index (χ1v) is 4.78. The Morgan fingerprint density at radius 3 is 2.45 bits per heavy atom.